The Kier molecular flexibility index (Phi) is 5.05. The highest BCUT2D eigenvalue weighted by molar-refractivity contribution is 5.99. The van der Waals surface area contributed by atoms with Gasteiger partial charge in [0.1, 0.15) is 6.61 Å². The predicted octanol–water partition coefficient (Wildman–Crippen LogP) is 3.45. The number of ether oxygens (including phenoxy) is 3. The molecule has 28 heavy (non-hydrogen) atoms. The van der Waals surface area contributed by atoms with Crippen molar-refractivity contribution in [1.29, 1.82) is 0 Å². The zero-order valence-electron chi connectivity index (χ0n) is 15.3. The van der Waals surface area contributed by atoms with Crippen LogP contribution in [-0.2, 0) is 21.0 Å². The number of carbonyl (C=O) groups excluding carboxylic acids is 1. The number of nitrogens with zero attached hydrogens (tertiary/aromatic N) is 2. The lowest BCUT2D eigenvalue weighted by Gasteiger charge is -2.07. The van der Waals surface area contributed by atoms with Gasteiger partial charge < -0.3 is 19.0 Å². The number of hydrogen-bond acceptors (Lipinski definition) is 7. The third kappa shape index (κ3) is 3.88. The minimum Gasteiger partial charge on any atom is -0.458 e. The summed E-state index contributed by atoms with van der Waals surface area (Å²) in [7, 11) is 0. The van der Waals surface area contributed by atoms with Gasteiger partial charge in [-0.05, 0) is 31.2 Å². The van der Waals surface area contributed by atoms with Crippen LogP contribution in [0.1, 0.15) is 18.1 Å². The quantitative estimate of drug-likeness (QED) is 0.371. The van der Waals surface area contributed by atoms with Crippen molar-refractivity contribution in [2.24, 2.45) is 5.16 Å². The Morgan fingerprint density at radius 1 is 1.14 bits per heavy atom. The summed E-state index contributed by atoms with van der Waals surface area (Å²) in [6.07, 6.45) is 1.71. The molecule has 0 bridgehead atoms. The summed E-state index contributed by atoms with van der Waals surface area (Å²) < 4.78 is 15.9. The lowest BCUT2D eigenvalue weighted by atomic mass is 10.1. The van der Waals surface area contributed by atoms with Gasteiger partial charge in [0.2, 0.25) is 13.4 Å². The highest BCUT2D eigenvalue weighted by Gasteiger charge is 2.14. The van der Waals surface area contributed by atoms with E-state index in [1.54, 1.807) is 13.1 Å². The zero-order valence-corrected chi connectivity index (χ0v) is 15.3. The van der Waals surface area contributed by atoms with Gasteiger partial charge in [0.25, 0.3) is 0 Å². The number of para-hydroxylation sites is 1. The number of oxime groups is 1. The van der Waals surface area contributed by atoms with E-state index < -0.39 is 5.97 Å². The molecule has 0 unspecified atom stereocenters. The van der Waals surface area contributed by atoms with Crippen LogP contribution in [0.15, 0.2) is 59.9 Å². The van der Waals surface area contributed by atoms with Crippen LogP contribution in [0.5, 0.6) is 11.5 Å². The van der Waals surface area contributed by atoms with Crippen LogP contribution in [-0.4, -0.2) is 30.1 Å². The van der Waals surface area contributed by atoms with E-state index in [-0.39, 0.29) is 20.0 Å². The molecule has 2 heterocycles. The molecule has 0 saturated carbocycles. The van der Waals surface area contributed by atoms with Crippen LogP contribution in [0.25, 0.3) is 10.9 Å². The second-order valence-corrected chi connectivity index (χ2v) is 6.17. The van der Waals surface area contributed by atoms with Gasteiger partial charge in [0.15, 0.2) is 11.5 Å². The van der Waals surface area contributed by atoms with E-state index in [4.69, 9.17) is 19.0 Å². The molecule has 4 rings (SSSR count). The smallest absolute Gasteiger partial charge is 0.347 e. The summed E-state index contributed by atoms with van der Waals surface area (Å²) in [6, 6.07) is 15.1. The Balaban J connectivity index is 1.31. The molecule has 2 aromatic carbocycles. The second-order valence-electron chi connectivity index (χ2n) is 6.17. The maximum atomic E-state index is 12.0. The number of esters is 1. The summed E-state index contributed by atoms with van der Waals surface area (Å²) in [4.78, 5) is 21.4. The average Bonchev–Trinajstić information content (AvgIpc) is 3.20. The Hall–Kier alpha value is -3.61. The van der Waals surface area contributed by atoms with E-state index >= 15 is 0 Å². The van der Waals surface area contributed by atoms with Crippen LogP contribution in [0.4, 0.5) is 0 Å². The van der Waals surface area contributed by atoms with Gasteiger partial charge in [0, 0.05) is 22.7 Å². The summed E-state index contributed by atoms with van der Waals surface area (Å²) in [5.41, 5.74) is 3.09. The molecule has 0 fully saturated rings. The standard InChI is InChI=1S/C21H18N2O5/c1-14(16-7-8-18-19(10-16)27-13-26-18)23-28-12-20(24)25-11-17-5-2-4-15-6-3-9-22-21(15)17/h2-10H,11-13H2,1H3/b23-14+. The molecule has 0 amide bonds. The van der Waals surface area contributed by atoms with Crippen molar-refractivity contribution in [1.82, 2.24) is 4.98 Å². The maximum absolute atomic E-state index is 12.0. The molecule has 0 saturated heterocycles. The molecule has 7 heteroatoms. The third-order valence-electron chi connectivity index (χ3n) is 4.28. The molecule has 142 valence electrons. The van der Waals surface area contributed by atoms with E-state index in [2.05, 4.69) is 10.1 Å². The fourth-order valence-electron chi connectivity index (χ4n) is 2.84. The predicted molar refractivity (Wildman–Crippen MR) is 102 cm³/mol. The Morgan fingerprint density at radius 3 is 2.93 bits per heavy atom. The van der Waals surface area contributed by atoms with Gasteiger partial charge in [-0.2, -0.15) is 0 Å². The first kappa shape index (κ1) is 17.8. The first-order valence-electron chi connectivity index (χ1n) is 8.75. The summed E-state index contributed by atoms with van der Waals surface area (Å²) in [5.74, 6) is 0.856. The first-order chi connectivity index (χ1) is 13.7. The topological polar surface area (TPSA) is 79.2 Å². The zero-order chi connectivity index (χ0) is 19.3. The SMILES string of the molecule is C/C(=N\OCC(=O)OCc1cccc2cccnc12)c1ccc2c(c1)OCO2. The maximum Gasteiger partial charge on any atom is 0.347 e. The van der Waals surface area contributed by atoms with Crippen LogP contribution in [0.2, 0.25) is 0 Å². The minimum atomic E-state index is -0.504. The molecule has 0 spiro atoms. The van der Waals surface area contributed by atoms with E-state index in [1.807, 2.05) is 48.5 Å². The van der Waals surface area contributed by atoms with Crippen LogP contribution in [0, 0.1) is 0 Å². The number of aromatic nitrogens is 1. The Bertz CT molecular complexity index is 1040. The van der Waals surface area contributed by atoms with Gasteiger partial charge in [-0.15, -0.1) is 0 Å². The lowest BCUT2D eigenvalue weighted by molar-refractivity contribution is -0.150. The fraction of sp³-hybridized carbons (Fsp3) is 0.190. The van der Waals surface area contributed by atoms with Crippen molar-refractivity contribution < 1.29 is 23.8 Å². The lowest BCUT2D eigenvalue weighted by Crippen LogP contribution is -2.11. The molecule has 3 aromatic rings. The number of pyridine rings is 1. The molecule has 7 nitrogen and oxygen atoms in total. The molecular formula is C21H18N2O5. The number of rotatable bonds is 6. The van der Waals surface area contributed by atoms with E-state index in [1.165, 1.54) is 0 Å². The molecule has 0 radical (unpaired) electrons. The first-order valence-corrected chi connectivity index (χ1v) is 8.75. The van der Waals surface area contributed by atoms with Gasteiger partial charge in [-0.1, -0.05) is 29.4 Å². The molecule has 1 aliphatic rings. The molecule has 0 aliphatic carbocycles. The van der Waals surface area contributed by atoms with E-state index in [0.717, 1.165) is 22.0 Å². The molecule has 1 aromatic heterocycles. The van der Waals surface area contributed by atoms with Crippen molar-refractivity contribution in [3.8, 4) is 11.5 Å². The Labute approximate surface area is 161 Å². The summed E-state index contributed by atoms with van der Waals surface area (Å²) in [5, 5.41) is 4.97. The average molecular weight is 378 g/mol. The van der Waals surface area contributed by atoms with Crippen molar-refractivity contribution in [2.45, 2.75) is 13.5 Å². The highest BCUT2D eigenvalue weighted by atomic mass is 16.7. The van der Waals surface area contributed by atoms with Gasteiger partial charge in [0.05, 0.1) is 11.2 Å². The highest BCUT2D eigenvalue weighted by Crippen LogP contribution is 2.32. The van der Waals surface area contributed by atoms with Crippen molar-refractivity contribution in [3.63, 3.8) is 0 Å². The monoisotopic (exact) mass is 378 g/mol. The minimum absolute atomic E-state index is 0.126. The summed E-state index contributed by atoms with van der Waals surface area (Å²) in [6.45, 7) is 1.84. The van der Waals surface area contributed by atoms with Crippen LogP contribution >= 0.6 is 0 Å². The fourth-order valence-corrected chi connectivity index (χ4v) is 2.84. The van der Waals surface area contributed by atoms with Crippen molar-refractivity contribution >= 4 is 22.6 Å². The number of carbonyl (C=O) groups is 1. The van der Waals surface area contributed by atoms with Crippen molar-refractivity contribution in [2.75, 3.05) is 13.4 Å². The molecule has 1 aliphatic heterocycles. The number of benzene rings is 2. The largest absolute Gasteiger partial charge is 0.458 e. The number of hydrogen-bond donors (Lipinski definition) is 0. The van der Waals surface area contributed by atoms with Gasteiger partial charge in [-0.3, -0.25) is 4.98 Å². The van der Waals surface area contributed by atoms with Gasteiger partial charge in [-0.25, -0.2) is 4.79 Å². The van der Waals surface area contributed by atoms with Crippen LogP contribution in [0.3, 0.4) is 0 Å². The van der Waals surface area contributed by atoms with Crippen molar-refractivity contribution in [3.05, 3.63) is 65.9 Å². The summed E-state index contributed by atoms with van der Waals surface area (Å²) >= 11 is 0. The molecule has 0 N–H and O–H groups in total. The van der Waals surface area contributed by atoms with E-state index in [9.17, 15) is 4.79 Å². The molecule has 0 atom stereocenters. The second kappa shape index (κ2) is 7.96. The molecular weight excluding hydrogens is 360 g/mol. The third-order valence-corrected chi connectivity index (χ3v) is 4.28. The Morgan fingerprint density at radius 2 is 2.00 bits per heavy atom. The van der Waals surface area contributed by atoms with Crippen LogP contribution < -0.4 is 9.47 Å². The van der Waals surface area contributed by atoms with Gasteiger partial charge >= 0.3 is 5.97 Å². The van der Waals surface area contributed by atoms with E-state index in [0.29, 0.717) is 17.2 Å². The number of fused-ring (bicyclic) bond motifs is 2. The normalized spacial score (nSPS) is 12.8.